The molecule has 8 atom stereocenters. The normalized spacial score (nSPS) is 27.9. The van der Waals surface area contributed by atoms with E-state index in [1.54, 1.807) is 0 Å². The van der Waals surface area contributed by atoms with Crippen molar-refractivity contribution in [1.29, 1.82) is 0 Å². The lowest BCUT2D eigenvalue weighted by atomic mass is 9.61. The highest BCUT2D eigenvalue weighted by Gasteiger charge is 2.72. The Morgan fingerprint density at radius 1 is 0.580 bits per heavy atom. The second kappa shape index (κ2) is 34.5. The van der Waals surface area contributed by atoms with Crippen LogP contribution in [-0.4, -0.2) is 126 Å². The molecule has 3 unspecified atom stereocenters. The standard InChI is InChI=1S/C33H51O3PSi2.C28H34F6O3.C22H30F6O2Si.C4H8O/c1-26-27(22-23-37(34,29-18-14-12-15-19-29)30-20-16-13-17-21-30)24-28(35-38(8,9)32(2,3)4)25-31(26)36-39(10,11)33(5,6)7;1-17-19(15-20(35)16-22(17)36)7-6-18-5-3-10-24(2)21(18)8-9-23(24)25(13-14-25)11-4-12-26(37,27(29,30)31)28(32,33)34;1-18-10-5-7-16(29)15(18)8-9-17(18)19(13-14-19)11-6-12-20(21(23,24)25,22(26,27)28)30-31(2,3)4;1-2-4-5-3-1/h12-22,28,31H,1,23-25H2,2-11H3;4,6-7,9,12,20-22,35-37H,1,3,5,8,10-11,13-16H2,2H3;6,9,12,15H,5,7-8,10-11,13-14H2,1-4H3;1-4H2/b27-22-;12-4-,18-6+,19-7-;12-6-;/t28-,31+;20?,21?,22-,24-;15?,18-;/m100./s1. The van der Waals surface area contributed by atoms with Crippen molar-refractivity contribution in [2.45, 2.75) is 300 Å². The van der Waals surface area contributed by atoms with Crippen LogP contribution in [0.5, 0.6) is 0 Å². The van der Waals surface area contributed by atoms with Crippen molar-refractivity contribution in [1.82, 2.24) is 0 Å². The van der Waals surface area contributed by atoms with Gasteiger partial charge in [-0.3, -0.25) is 4.79 Å². The molecule has 0 spiro atoms. The van der Waals surface area contributed by atoms with E-state index < -0.39 is 91.0 Å². The molecule has 2 aromatic rings. The zero-order chi connectivity index (χ0) is 83.8. The van der Waals surface area contributed by atoms with E-state index in [0.29, 0.717) is 56.7 Å². The summed E-state index contributed by atoms with van der Waals surface area (Å²) in [6.45, 7) is 41.6. The number of aliphatic hydroxyl groups excluding tert-OH is 2. The number of aliphatic hydroxyl groups is 3. The number of allylic oxidation sites excluding steroid dienone is 10. The third-order valence-corrected chi connectivity index (χ3v) is 38.9. The highest BCUT2D eigenvalue weighted by molar-refractivity contribution is 7.78. The zero-order valence-corrected chi connectivity index (χ0v) is 72.3. The minimum atomic E-state index is -5.87. The van der Waals surface area contributed by atoms with Crippen molar-refractivity contribution >= 4 is 48.5 Å². The maximum atomic E-state index is 14.7. The summed E-state index contributed by atoms with van der Waals surface area (Å²) in [6.07, 6.45) is 2.09. The van der Waals surface area contributed by atoms with Crippen LogP contribution in [0.1, 0.15) is 184 Å². The van der Waals surface area contributed by atoms with Gasteiger partial charge in [0.05, 0.1) is 24.4 Å². The van der Waals surface area contributed by atoms with Crippen molar-refractivity contribution in [2.24, 2.45) is 33.5 Å². The van der Waals surface area contributed by atoms with Crippen LogP contribution in [0.3, 0.4) is 0 Å². The number of fused-ring (bicyclic) bond motifs is 2. The first-order valence-corrected chi connectivity index (χ1v) is 51.0. The number of hydrogen-bond donors (Lipinski definition) is 3. The zero-order valence-electron chi connectivity index (χ0n) is 68.4. The number of Topliss-reactive ketones (excluding diaryl/α,β-unsaturated/α-hetero) is 1. The van der Waals surface area contributed by atoms with E-state index in [4.69, 9.17) is 18.0 Å². The highest BCUT2D eigenvalue weighted by atomic mass is 31.2. The molecule has 0 aromatic heterocycles. The minimum absolute atomic E-state index is 0.00825. The largest absolute Gasteiger partial charge is 0.429 e. The van der Waals surface area contributed by atoms with Crippen LogP contribution in [0.15, 0.2) is 168 Å². The first kappa shape index (κ1) is 93.0. The number of carbonyl (C=O) groups excluding carboxylic acids is 1. The molecule has 2 aromatic carbocycles. The van der Waals surface area contributed by atoms with E-state index in [1.807, 2.05) is 85.8 Å². The fraction of sp³-hybridized carbons (Fsp3) is 0.644. The van der Waals surface area contributed by atoms with Gasteiger partial charge >= 0.3 is 24.7 Å². The fourth-order valence-electron chi connectivity index (χ4n) is 17.2. The fourth-order valence-corrected chi connectivity index (χ4v) is 23.6. The van der Waals surface area contributed by atoms with Crippen molar-refractivity contribution < 1.29 is 95.4 Å². The molecule has 1 aliphatic heterocycles. The molecular formula is C87H123F12O9PSi3. The molecule has 7 fully saturated rings. The van der Waals surface area contributed by atoms with Crippen LogP contribution in [0, 0.1) is 33.5 Å². The van der Waals surface area contributed by atoms with Gasteiger partial charge in [-0.05, 0) is 227 Å². The van der Waals surface area contributed by atoms with Crippen LogP contribution < -0.4 is 10.6 Å². The molecule has 25 heteroatoms. The number of halogens is 12. The smallest absolute Gasteiger partial charge is 0.413 e. The Balaban J connectivity index is 0.000000205. The van der Waals surface area contributed by atoms with Gasteiger partial charge < -0.3 is 37.9 Å². The molecule has 8 aliphatic carbocycles. The number of hydrogen-bond acceptors (Lipinski definition) is 9. The summed E-state index contributed by atoms with van der Waals surface area (Å²) < 4.78 is 199. The molecule has 3 N–H and O–H groups in total. The van der Waals surface area contributed by atoms with E-state index in [1.165, 1.54) is 38.1 Å². The predicted molar refractivity (Wildman–Crippen MR) is 430 cm³/mol. The predicted octanol–water partition coefficient (Wildman–Crippen LogP) is 23.6. The first-order chi connectivity index (χ1) is 51.4. The molecule has 0 bridgehead atoms. The quantitative estimate of drug-likeness (QED) is 0.0544. The first-order valence-electron chi connectivity index (χ1n) is 39.9. The Kier molecular flexibility index (Phi) is 28.6. The molecule has 11 rings (SSSR count). The molecule has 626 valence electrons. The van der Waals surface area contributed by atoms with Gasteiger partial charge in [-0.15, -0.1) is 0 Å². The Labute approximate surface area is 660 Å². The molecule has 9 aliphatic rings. The third-order valence-electron chi connectivity index (χ3n) is 26.0. The van der Waals surface area contributed by atoms with E-state index in [-0.39, 0.29) is 82.1 Å². The Morgan fingerprint density at radius 3 is 1.49 bits per heavy atom. The third kappa shape index (κ3) is 20.8. The lowest BCUT2D eigenvalue weighted by Gasteiger charge is -2.45. The van der Waals surface area contributed by atoms with Gasteiger partial charge in [0.25, 0.3) is 11.2 Å². The molecule has 1 saturated heterocycles. The highest BCUT2D eigenvalue weighted by Crippen LogP contribution is 2.69. The average Bonchev–Trinajstić information content (AvgIpc) is 1.75. The van der Waals surface area contributed by atoms with Gasteiger partial charge in [0.1, 0.15) is 12.9 Å². The summed E-state index contributed by atoms with van der Waals surface area (Å²) in [5.74, 6) is 0.268. The lowest BCUT2D eigenvalue weighted by Crippen LogP contribution is -2.61. The average molecular weight is 1660 g/mol. The summed E-state index contributed by atoms with van der Waals surface area (Å²) in [5.41, 5.74) is -3.74. The second-order valence-corrected chi connectivity index (χ2v) is 54.2. The van der Waals surface area contributed by atoms with Crippen LogP contribution in [0.4, 0.5) is 52.7 Å². The summed E-state index contributed by atoms with van der Waals surface area (Å²) >= 11 is 0. The Hall–Kier alpha value is -4.47. The van der Waals surface area contributed by atoms with E-state index in [2.05, 4.69) is 100.0 Å². The molecule has 0 amide bonds. The van der Waals surface area contributed by atoms with Crippen molar-refractivity contribution in [3.8, 4) is 0 Å². The number of ether oxygens (including phenoxy) is 1. The van der Waals surface area contributed by atoms with Gasteiger partial charge in [-0.25, -0.2) is 0 Å². The molecule has 1 heterocycles. The molecule has 112 heavy (non-hydrogen) atoms. The van der Waals surface area contributed by atoms with Crippen LogP contribution in [-0.2, 0) is 27.4 Å². The van der Waals surface area contributed by atoms with E-state index in [9.17, 15) is 77.4 Å². The summed E-state index contributed by atoms with van der Waals surface area (Å²) in [7, 11) is -10.1. The van der Waals surface area contributed by atoms with Crippen LogP contribution in [0.25, 0.3) is 0 Å². The van der Waals surface area contributed by atoms with Gasteiger partial charge in [0.15, 0.2) is 25.0 Å². The van der Waals surface area contributed by atoms with E-state index >= 15 is 0 Å². The van der Waals surface area contributed by atoms with Crippen LogP contribution in [0.2, 0.25) is 55.9 Å². The molecule has 9 nitrogen and oxygen atoms in total. The van der Waals surface area contributed by atoms with Gasteiger partial charge in [-0.2, -0.15) is 52.7 Å². The van der Waals surface area contributed by atoms with Crippen molar-refractivity contribution in [3.05, 3.63) is 168 Å². The Bertz CT molecular complexity index is 3830. The van der Waals surface area contributed by atoms with Gasteiger partial charge in [0, 0.05) is 55.2 Å². The number of rotatable bonds is 19. The van der Waals surface area contributed by atoms with E-state index in [0.717, 1.165) is 115 Å². The number of alkyl halides is 12. The Morgan fingerprint density at radius 2 is 1.04 bits per heavy atom. The second-order valence-electron chi connectivity index (χ2n) is 37.3. The molecule has 0 radical (unpaired) electrons. The van der Waals surface area contributed by atoms with Gasteiger partial charge in [0.2, 0.25) is 0 Å². The molecular weight excluding hydrogens is 1530 g/mol. The molecule has 6 saturated carbocycles. The summed E-state index contributed by atoms with van der Waals surface area (Å²) in [4.78, 5) is 12.4. The number of ketones is 1. The monoisotopic (exact) mass is 1650 g/mol. The number of benzene rings is 2. The SMILES string of the molecule is C1CCOC1.C=C1/C(=C\C=C2/CCC[C@]3(C)C(C4(C/C=C\C(O)(C(F)(F)F)C(F)(F)F)CC4)=CCC23)CC(O)C[C@@H]1O.C=C1/C(=C\CP(=O)(c2ccccc2)c2ccccc2)C[C@@H](O[Si](C)(C)C(C)(C)C)C[C@@H]1O[Si](C)(C)C(C)(C)C.C[C@]12CCCC(=O)C1CC=C2C1(C/C=C\C(O[Si](C)(C)C)(C(F)(F)F)C(F)(F)F)CC1. The van der Waals surface area contributed by atoms with Crippen molar-refractivity contribution in [2.75, 3.05) is 19.4 Å². The maximum Gasteiger partial charge on any atom is 0.429 e. The summed E-state index contributed by atoms with van der Waals surface area (Å²) in [5, 5.41) is 31.6. The maximum absolute atomic E-state index is 14.7. The van der Waals surface area contributed by atoms with Crippen molar-refractivity contribution in [3.63, 3.8) is 0 Å². The van der Waals surface area contributed by atoms with Crippen LogP contribution >= 0.6 is 7.14 Å². The number of carbonyl (C=O) groups is 1. The minimum Gasteiger partial charge on any atom is -0.413 e. The van der Waals surface area contributed by atoms with Gasteiger partial charge in [-0.1, -0.05) is 188 Å². The lowest BCUT2D eigenvalue weighted by molar-refractivity contribution is -0.347. The topological polar surface area (TPSA) is 132 Å². The summed E-state index contributed by atoms with van der Waals surface area (Å²) in [6, 6.07) is 19.8.